The number of anilines is 1. The zero-order chi connectivity index (χ0) is 25.5. The van der Waals surface area contributed by atoms with Gasteiger partial charge in [0, 0.05) is 53.0 Å². The number of nitrogens with zero attached hydrogens (tertiary/aromatic N) is 2. The maximum Gasteiger partial charge on any atom is 0.293 e. The molecular formula is C27H24N4O5. The van der Waals surface area contributed by atoms with E-state index >= 15 is 0 Å². The molecule has 2 aromatic heterocycles. The third-order valence-corrected chi connectivity index (χ3v) is 5.69. The molecule has 0 saturated heterocycles. The summed E-state index contributed by atoms with van der Waals surface area (Å²) >= 11 is 0. The summed E-state index contributed by atoms with van der Waals surface area (Å²) in [6.07, 6.45) is 2.18. The minimum absolute atomic E-state index is 0.201. The van der Waals surface area contributed by atoms with Gasteiger partial charge in [-0.2, -0.15) is 5.26 Å². The van der Waals surface area contributed by atoms with E-state index in [1.807, 2.05) is 24.3 Å². The summed E-state index contributed by atoms with van der Waals surface area (Å²) in [5, 5.41) is 13.3. The Balaban J connectivity index is 1.76. The molecule has 0 radical (unpaired) electrons. The Kier molecular flexibility index (Phi) is 7.46. The van der Waals surface area contributed by atoms with Crippen LogP contribution in [-0.4, -0.2) is 43.0 Å². The van der Waals surface area contributed by atoms with Crippen LogP contribution in [0.15, 0.2) is 60.8 Å². The Morgan fingerprint density at radius 1 is 1.14 bits per heavy atom. The molecule has 0 aliphatic heterocycles. The third kappa shape index (κ3) is 5.28. The molecule has 2 aromatic carbocycles. The topological polar surface area (TPSA) is 126 Å². The summed E-state index contributed by atoms with van der Waals surface area (Å²) in [6.45, 7) is 0.658. The number of ether oxygens (including phenoxy) is 3. The van der Waals surface area contributed by atoms with Crippen LogP contribution >= 0.6 is 0 Å². The lowest BCUT2D eigenvalue weighted by Gasteiger charge is -2.19. The first-order chi connectivity index (χ1) is 17.6. The van der Waals surface area contributed by atoms with E-state index < -0.39 is 6.04 Å². The fourth-order valence-corrected chi connectivity index (χ4v) is 3.91. The van der Waals surface area contributed by atoms with E-state index in [1.165, 1.54) is 0 Å². The molecule has 1 unspecified atom stereocenters. The molecular weight excluding hydrogens is 460 g/mol. The summed E-state index contributed by atoms with van der Waals surface area (Å²) in [4.78, 5) is 32.0. The molecule has 1 atom stereocenters. The standard InChI is InChI=1S/C27H24N4O5/c1-34-20-11-19(12-21(13-20)35-2)31-26(25-5-3-4-18(14-28)30-25)27(33)23-15-29-24-7-6-17(10-22(23)24)8-9-36-16-32/h3-7,10-13,15-16,26,29,31H,8-9H2,1-2H3. The van der Waals surface area contributed by atoms with Gasteiger partial charge in [-0.1, -0.05) is 12.1 Å². The van der Waals surface area contributed by atoms with Gasteiger partial charge in [-0.3, -0.25) is 9.59 Å². The first-order valence-electron chi connectivity index (χ1n) is 11.1. The molecule has 0 fully saturated rings. The minimum atomic E-state index is -0.906. The number of carbonyl (C=O) groups excluding carboxylic acids is 2. The number of pyridine rings is 1. The number of aromatic nitrogens is 2. The van der Waals surface area contributed by atoms with Gasteiger partial charge < -0.3 is 24.5 Å². The molecule has 0 amide bonds. The van der Waals surface area contributed by atoms with Crippen molar-refractivity contribution in [2.24, 2.45) is 0 Å². The van der Waals surface area contributed by atoms with Crippen LogP contribution in [0.4, 0.5) is 5.69 Å². The first kappa shape index (κ1) is 24.3. The highest BCUT2D eigenvalue weighted by molar-refractivity contribution is 6.11. The molecule has 182 valence electrons. The molecule has 0 saturated carbocycles. The van der Waals surface area contributed by atoms with Crippen LogP contribution in [0.3, 0.4) is 0 Å². The van der Waals surface area contributed by atoms with Crippen molar-refractivity contribution in [2.75, 3.05) is 26.1 Å². The molecule has 0 bridgehead atoms. The SMILES string of the molecule is COc1cc(NC(C(=O)c2c[nH]c3ccc(CCOC=O)cc23)c2cccc(C#N)n2)cc(OC)c1. The van der Waals surface area contributed by atoms with Crippen LogP contribution in [0.2, 0.25) is 0 Å². The van der Waals surface area contributed by atoms with Crippen molar-refractivity contribution < 1.29 is 23.8 Å². The molecule has 2 N–H and O–H groups in total. The maximum atomic E-state index is 14.0. The van der Waals surface area contributed by atoms with E-state index in [-0.39, 0.29) is 18.1 Å². The van der Waals surface area contributed by atoms with E-state index in [0.29, 0.717) is 41.3 Å². The van der Waals surface area contributed by atoms with Crippen molar-refractivity contribution in [1.82, 2.24) is 9.97 Å². The number of benzene rings is 2. The lowest BCUT2D eigenvalue weighted by molar-refractivity contribution is -0.128. The quantitative estimate of drug-likeness (QED) is 0.184. The number of H-pyrrole nitrogens is 1. The van der Waals surface area contributed by atoms with Crippen LogP contribution in [0.25, 0.3) is 10.9 Å². The number of carbonyl (C=O) groups is 2. The van der Waals surface area contributed by atoms with Crippen molar-refractivity contribution in [3.05, 3.63) is 83.3 Å². The Morgan fingerprint density at radius 2 is 1.92 bits per heavy atom. The van der Waals surface area contributed by atoms with Gasteiger partial charge in [0.1, 0.15) is 29.3 Å². The number of fused-ring (bicyclic) bond motifs is 1. The highest BCUT2D eigenvalue weighted by Gasteiger charge is 2.26. The van der Waals surface area contributed by atoms with Crippen LogP contribution in [0.5, 0.6) is 11.5 Å². The molecule has 36 heavy (non-hydrogen) atoms. The monoisotopic (exact) mass is 484 g/mol. The number of aromatic amines is 1. The van der Waals surface area contributed by atoms with Crippen molar-refractivity contribution in [3.63, 3.8) is 0 Å². The van der Waals surface area contributed by atoms with E-state index in [1.54, 1.807) is 56.8 Å². The predicted octanol–water partition coefficient (Wildman–Crippen LogP) is 4.20. The number of rotatable bonds is 11. The molecule has 4 rings (SSSR count). The van der Waals surface area contributed by atoms with Gasteiger partial charge in [-0.15, -0.1) is 0 Å². The van der Waals surface area contributed by atoms with Gasteiger partial charge in [0.15, 0.2) is 5.78 Å². The van der Waals surface area contributed by atoms with E-state index in [4.69, 9.17) is 14.2 Å². The minimum Gasteiger partial charge on any atom is -0.497 e. The van der Waals surface area contributed by atoms with Gasteiger partial charge in [-0.25, -0.2) is 4.98 Å². The fourth-order valence-electron chi connectivity index (χ4n) is 3.91. The maximum absolute atomic E-state index is 14.0. The molecule has 0 aliphatic carbocycles. The number of Topliss-reactive ketones (excluding diaryl/α,β-unsaturated/α-hetero) is 1. The smallest absolute Gasteiger partial charge is 0.293 e. The molecule has 9 nitrogen and oxygen atoms in total. The van der Waals surface area contributed by atoms with Crippen molar-refractivity contribution in [3.8, 4) is 17.6 Å². The second kappa shape index (κ2) is 11.1. The lowest BCUT2D eigenvalue weighted by Crippen LogP contribution is -2.22. The summed E-state index contributed by atoms with van der Waals surface area (Å²) in [5.41, 5.74) is 3.35. The van der Waals surface area contributed by atoms with Crippen molar-refractivity contribution >= 4 is 28.8 Å². The number of hydrogen-bond acceptors (Lipinski definition) is 8. The number of ketones is 1. The zero-order valence-corrected chi connectivity index (χ0v) is 19.8. The predicted molar refractivity (Wildman–Crippen MR) is 133 cm³/mol. The number of nitrogens with one attached hydrogen (secondary N) is 2. The summed E-state index contributed by atoms with van der Waals surface area (Å²) in [7, 11) is 3.09. The van der Waals surface area contributed by atoms with E-state index in [9.17, 15) is 14.9 Å². The lowest BCUT2D eigenvalue weighted by atomic mass is 9.98. The Bertz CT molecular complexity index is 1420. The van der Waals surface area contributed by atoms with Gasteiger partial charge in [0.2, 0.25) is 0 Å². The van der Waals surface area contributed by atoms with Gasteiger partial charge >= 0.3 is 0 Å². The Hall–Kier alpha value is -4.84. The van der Waals surface area contributed by atoms with Gasteiger partial charge in [0.25, 0.3) is 6.47 Å². The fraction of sp³-hybridized carbons (Fsp3) is 0.185. The largest absolute Gasteiger partial charge is 0.497 e. The normalized spacial score (nSPS) is 11.4. The third-order valence-electron chi connectivity index (χ3n) is 5.69. The average molecular weight is 485 g/mol. The van der Waals surface area contributed by atoms with Crippen LogP contribution in [0.1, 0.15) is 33.4 Å². The van der Waals surface area contributed by atoms with Crippen LogP contribution in [0, 0.1) is 11.3 Å². The molecule has 2 heterocycles. The summed E-state index contributed by atoms with van der Waals surface area (Å²) in [5.74, 6) is 0.860. The molecule has 0 spiro atoms. The van der Waals surface area contributed by atoms with E-state index in [2.05, 4.69) is 15.3 Å². The Labute approximate surface area is 207 Å². The van der Waals surface area contributed by atoms with Gasteiger partial charge in [-0.05, 0) is 29.8 Å². The summed E-state index contributed by atoms with van der Waals surface area (Å²) in [6, 6.07) is 17.0. The highest BCUT2D eigenvalue weighted by atomic mass is 16.5. The second-order valence-electron chi connectivity index (χ2n) is 7.90. The second-order valence-corrected chi connectivity index (χ2v) is 7.90. The number of hydrogen-bond donors (Lipinski definition) is 2. The molecule has 9 heteroatoms. The average Bonchev–Trinajstić information content (AvgIpc) is 3.34. The summed E-state index contributed by atoms with van der Waals surface area (Å²) < 4.78 is 15.5. The highest BCUT2D eigenvalue weighted by Crippen LogP contribution is 2.31. The molecule has 0 aliphatic rings. The van der Waals surface area contributed by atoms with E-state index in [0.717, 1.165) is 16.5 Å². The van der Waals surface area contributed by atoms with Crippen LogP contribution < -0.4 is 14.8 Å². The van der Waals surface area contributed by atoms with Gasteiger partial charge in [0.05, 0.1) is 26.5 Å². The first-order valence-corrected chi connectivity index (χ1v) is 11.1. The van der Waals surface area contributed by atoms with Crippen LogP contribution in [-0.2, 0) is 16.0 Å². The van der Waals surface area contributed by atoms with Crippen molar-refractivity contribution in [2.45, 2.75) is 12.5 Å². The zero-order valence-electron chi connectivity index (χ0n) is 19.8. The van der Waals surface area contributed by atoms with Crippen molar-refractivity contribution in [1.29, 1.82) is 5.26 Å². The Morgan fingerprint density at radius 3 is 2.61 bits per heavy atom. The number of nitriles is 1. The molecule has 4 aromatic rings. The number of methoxy groups -OCH3 is 2.